The Morgan fingerprint density at radius 2 is 2.07 bits per heavy atom. The first kappa shape index (κ1) is 11.5. The maximum absolute atomic E-state index is 12.0. The number of hydrogen-bond acceptors (Lipinski definition) is 2. The molecule has 0 radical (unpaired) electrons. The normalized spacial score (nSPS) is 33.4. The summed E-state index contributed by atoms with van der Waals surface area (Å²) in [5.41, 5.74) is -0.885. The fourth-order valence-corrected chi connectivity index (χ4v) is 1.46. The average molecular weight is 210 g/mol. The average Bonchev–Trinajstić information content (AvgIpc) is 2.07. The van der Waals surface area contributed by atoms with Crippen LogP contribution in [-0.2, 0) is 9.47 Å². The minimum absolute atomic E-state index is 0.529. The van der Waals surface area contributed by atoms with E-state index in [9.17, 15) is 13.2 Å². The first-order valence-corrected chi connectivity index (χ1v) is 4.34. The van der Waals surface area contributed by atoms with Crippen molar-refractivity contribution < 1.29 is 22.6 Å². The molecule has 0 aliphatic heterocycles. The van der Waals surface area contributed by atoms with Gasteiger partial charge in [0.2, 0.25) is 0 Å². The zero-order chi connectivity index (χ0) is 10.8. The van der Waals surface area contributed by atoms with Crippen LogP contribution in [0.1, 0.15) is 19.8 Å². The van der Waals surface area contributed by atoms with Gasteiger partial charge in [-0.1, -0.05) is 12.2 Å². The Kier molecular flexibility index (Phi) is 3.21. The number of ether oxygens (including phenoxy) is 2. The first-order chi connectivity index (χ1) is 6.37. The van der Waals surface area contributed by atoms with Gasteiger partial charge in [-0.05, 0) is 19.8 Å². The number of allylic oxidation sites excluding steroid dienone is 1. The Bertz CT molecular complexity index is 225. The number of halogens is 3. The largest absolute Gasteiger partial charge is 0.523 e. The predicted octanol–water partition coefficient (Wildman–Crippen LogP) is 2.65. The van der Waals surface area contributed by atoms with Gasteiger partial charge in [0.15, 0.2) is 0 Å². The summed E-state index contributed by atoms with van der Waals surface area (Å²) in [5, 5.41) is 0. The molecule has 2 atom stereocenters. The van der Waals surface area contributed by atoms with Crippen molar-refractivity contribution in [3.8, 4) is 0 Å². The molecule has 1 aliphatic carbocycles. The Morgan fingerprint density at radius 1 is 1.43 bits per heavy atom. The molecule has 5 heteroatoms. The highest BCUT2D eigenvalue weighted by Crippen LogP contribution is 2.33. The lowest BCUT2D eigenvalue weighted by atomic mass is 9.88. The molecule has 0 aromatic rings. The van der Waals surface area contributed by atoms with Gasteiger partial charge < -0.3 is 4.74 Å². The Hall–Kier alpha value is -0.550. The van der Waals surface area contributed by atoms with Gasteiger partial charge in [0.25, 0.3) is 0 Å². The highest BCUT2D eigenvalue weighted by molar-refractivity contribution is 5.06. The summed E-state index contributed by atoms with van der Waals surface area (Å²) in [6, 6.07) is 0. The molecule has 0 N–H and O–H groups in total. The summed E-state index contributed by atoms with van der Waals surface area (Å²) >= 11 is 0. The van der Waals surface area contributed by atoms with Crippen LogP contribution in [0, 0.1) is 0 Å². The zero-order valence-corrected chi connectivity index (χ0v) is 8.10. The van der Waals surface area contributed by atoms with E-state index >= 15 is 0 Å². The van der Waals surface area contributed by atoms with Gasteiger partial charge in [-0.25, -0.2) is 0 Å². The van der Waals surface area contributed by atoms with Crippen LogP contribution in [0.15, 0.2) is 12.2 Å². The van der Waals surface area contributed by atoms with E-state index in [1.54, 1.807) is 13.0 Å². The smallest absolute Gasteiger partial charge is 0.375 e. The van der Waals surface area contributed by atoms with E-state index in [0.717, 1.165) is 0 Å². The quantitative estimate of drug-likeness (QED) is 0.652. The standard InChI is InChI=1S/C9H13F3O2/c1-8(13-2)6-4-3-5-7(8)14-9(10,11)12/h3,5,7H,4,6H2,1-2H3. The van der Waals surface area contributed by atoms with Crippen LogP contribution in [0.4, 0.5) is 13.2 Å². The summed E-state index contributed by atoms with van der Waals surface area (Å²) < 4.78 is 45.1. The van der Waals surface area contributed by atoms with Crippen molar-refractivity contribution >= 4 is 0 Å². The van der Waals surface area contributed by atoms with Gasteiger partial charge in [-0.3, -0.25) is 4.74 Å². The fraction of sp³-hybridized carbons (Fsp3) is 0.778. The SMILES string of the molecule is COC1(C)CCC=CC1OC(F)(F)F. The van der Waals surface area contributed by atoms with E-state index in [1.165, 1.54) is 13.2 Å². The molecule has 0 amide bonds. The van der Waals surface area contributed by atoms with Gasteiger partial charge in [-0.15, -0.1) is 13.2 Å². The van der Waals surface area contributed by atoms with Gasteiger partial charge in [0.1, 0.15) is 6.10 Å². The van der Waals surface area contributed by atoms with Crippen molar-refractivity contribution in [1.82, 2.24) is 0 Å². The molecule has 0 saturated carbocycles. The van der Waals surface area contributed by atoms with Crippen LogP contribution in [0.5, 0.6) is 0 Å². The third-order valence-electron chi connectivity index (χ3n) is 2.45. The van der Waals surface area contributed by atoms with Crippen molar-refractivity contribution in [3.63, 3.8) is 0 Å². The Balaban J connectivity index is 2.73. The van der Waals surface area contributed by atoms with Crippen LogP contribution in [0.3, 0.4) is 0 Å². The Labute approximate surface area is 80.7 Å². The lowest BCUT2D eigenvalue weighted by Crippen LogP contribution is -2.45. The summed E-state index contributed by atoms with van der Waals surface area (Å²) in [4.78, 5) is 0. The molecule has 0 bridgehead atoms. The number of hydrogen-bond donors (Lipinski definition) is 0. The van der Waals surface area contributed by atoms with E-state index in [2.05, 4.69) is 4.74 Å². The molecular weight excluding hydrogens is 197 g/mol. The molecule has 2 unspecified atom stereocenters. The molecular formula is C9H13F3O2. The van der Waals surface area contributed by atoms with E-state index < -0.39 is 18.1 Å². The number of rotatable bonds is 2. The highest BCUT2D eigenvalue weighted by atomic mass is 19.4. The molecule has 0 fully saturated rings. The van der Waals surface area contributed by atoms with Crippen molar-refractivity contribution in [1.29, 1.82) is 0 Å². The molecule has 0 aromatic carbocycles. The molecule has 0 aromatic heterocycles. The van der Waals surface area contributed by atoms with Crippen LogP contribution >= 0.6 is 0 Å². The van der Waals surface area contributed by atoms with Crippen molar-refractivity contribution in [2.75, 3.05) is 7.11 Å². The monoisotopic (exact) mass is 210 g/mol. The summed E-state index contributed by atoms with van der Waals surface area (Å²) in [5.74, 6) is 0. The van der Waals surface area contributed by atoms with Gasteiger partial charge in [-0.2, -0.15) is 0 Å². The van der Waals surface area contributed by atoms with E-state index in [0.29, 0.717) is 12.8 Å². The second-order valence-corrected chi connectivity index (χ2v) is 3.47. The molecule has 0 spiro atoms. The van der Waals surface area contributed by atoms with E-state index in [1.807, 2.05) is 0 Å². The van der Waals surface area contributed by atoms with Crippen molar-refractivity contribution in [2.24, 2.45) is 0 Å². The van der Waals surface area contributed by atoms with Gasteiger partial charge in [0.05, 0.1) is 5.60 Å². The van der Waals surface area contributed by atoms with E-state index in [4.69, 9.17) is 4.74 Å². The molecule has 1 rings (SSSR count). The molecule has 0 heterocycles. The second-order valence-electron chi connectivity index (χ2n) is 3.47. The Morgan fingerprint density at radius 3 is 2.57 bits per heavy atom. The van der Waals surface area contributed by atoms with Gasteiger partial charge >= 0.3 is 6.36 Å². The third kappa shape index (κ3) is 2.72. The van der Waals surface area contributed by atoms with Crippen LogP contribution in [0.2, 0.25) is 0 Å². The minimum atomic E-state index is -4.62. The maximum Gasteiger partial charge on any atom is 0.523 e. The molecule has 1 aliphatic rings. The zero-order valence-electron chi connectivity index (χ0n) is 8.10. The maximum atomic E-state index is 12.0. The number of methoxy groups -OCH3 is 1. The van der Waals surface area contributed by atoms with Crippen LogP contribution < -0.4 is 0 Å². The molecule has 0 saturated heterocycles. The molecule has 2 nitrogen and oxygen atoms in total. The van der Waals surface area contributed by atoms with Crippen LogP contribution in [0.25, 0.3) is 0 Å². The van der Waals surface area contributed by atoms with Gasteiger partial charge in [0, 0.05) is 7.11 Å². The minimum Gasteiger partial charge on any atom is -0.375 e. The predicted molar refractivity (Wildman–Crippen MR) is 44.7 cm³/mol. The summed E-state index contributed by atoms with van der Waals surface area (Å²) in [6.45, 7) is 1.62. The lowest BCUT2D eigenvalue weighted by molar-refractivity contribution is -0.353. The third-order valence-corrected chi connectivity index (χ3v) is 2.45. The van der Waals surface area contributed by atoms with Crippen molar-refractivity contribution in [2.45, 2.75) is 37.8 Å². The molecule has 14 heavy (non-hydrogen) atoms. The second kappa shape index (κ2) is 3.90. The van der Waals surface area contributed by atoms with Crippen molar-refractivity contribution in [3.05, 3.63) is 12.2 Å². The summed E-state index contributed by atoms with van der Waals surface area (Å²) in [7, 11) is 1.39. The van der Waals surface area contributed by atoms with Crippen LogP contribution in [-0.4, -0.2) is 25.2 Å². The van der Waals surface area contributed by atoms with E-state index in [-0.39, 0.29) is 0 Å². The summed E-state index contributed by atoms with van der Waals surface area (Å²) in [6.07, 6.45) is -1.35. The topological polar surface area (TPSA) is 18.5 Å². The molecule has 82 valence electrons. The fourth-order valence-electron chi connectivity index (χ4n) is 1.46. The highest BCUT2D eigenvalue weighted by Gasteiger charge is 2.42. The number of alkyl halides is 3. The lowest BCUT2D eigenvalue weighted by Gasteiger charge is -2.37. The first-order valence-electron chi connectivity index (χ1n) is 4.34.